The lowest BCUT2D eigenvalue weighted by Crippen LogP contribution is -2.25. The number of hydrogen-bond acceptors (Lipinski definition) is 4. The summed E-state index contributed by atoms with van der Waals surface area (Å²) in [6.07, 6.45) is 1.69. The van der Waals surface area contributed by atoms with E-state index >= 15 is 0 Å². The second kappa shape index (κ2) is 5.13. The second-order valence-corrected chi connectivity index (χ2v) is 5.17. The number of rotatable bonds is 2. The van der Waals surface area contributed by atoms with Gasteiger partial charge in [-0.15, -0.1) is 0 Å². The third-order valence-corrected chi connectivity index (χ3v) is 3.57. The summed E-state index contributed by atoms with van der Waals surface area (Å²) in [5.41, 5.74) is 2.60. The van der Waals surface area contributed by atoms with Crippen LogP contribution in [0.5, 0.6) is 5.75 Å². The van der Waals surface area contributed by atoms with Crippen LogP contribution >= 0.6 is 0 Å². The predicted octanol–water partition coefficient (Wildman–Crippen LogP) is 2.15. The Kier molecular flexibility index (Phi) is 2.97. The number of fused-ring (bicyclic) bond motifs is 2. The van der Waals surface area contributed by atoms with E-state index in [-0.39, 0.29) is 18.4 Å². The molecule has 1 aliphatic rings. The van der Waals surface area contributed by atoms with E-state index in [1.54, 1.807) is 30.5 Å². The Hall–Kier alpha value is -3.35. The summed E-state index contributed by atoms with van der Waals surface area (Å²) in [6.45, 7) is -0.0464. The molecule has 7 heteroatoms. The van der Waals surface area contributed by atoms with Crippen molar-refractivity contribution in [3.8, 4) is 5.75 Å². The Balaban J connectivity index is 1.58. The zero-order valence-corrected chi connectivity index (χ0v) is 11.9. The summed E-state index contributed by atoms with van der Waals surface area (Å²) < 4.78 is 5.32. The molecule has 23 heavy (non-hydrogen) atoms. The molecule has 0 saturated heterocycles. The fraction of sp³-hybridized carbons (Fsp3) is 0.0625. The van der Waals surface area contributed by atoms with Crippen molar-refractivity contribution in [2.45, 2.75) is 0 Å². The van der Waals surface area contributed by atoms with E-state index in [4.69, 9.17) is 4.74 Å². The predicted molar refractivity (Wildman–Crippen MR) is 84.6 cm³/mol. The number of nitrogens with one attached hydrogen (secondary N) is 3. The average molecular weight is 308 g/mol. The maximum Gasteiger partial charge on any atom is 0.262 e. The van der Waals surface area contributed by atoms with Gasteiger partial charge in [0.15, 0.2) is 6.61 Å². The molecule has 114 valence electrons. The highest BCUT2D eigenvalue weighted by atomic mass is 16.5. The van der Waals surface area contributed by atoms with Gasteiger partial charge in [-0.1, -0.05) is 0 Å². The van der Waals surface area contributed by atoms with Crippen LogP contribution in [0, 0.1) is 0 Å². The fourth-order valence-corrected chi connectivity index (χ4v) is 2.44. The third kappa shape index (κ3) is 2.48. The normalized spacial score (nSPS) is 13.1. The number of carbonyl (C=O) groups is 2. The van der Waals surface area contributed by atoms with E-state index in [2.05, 4.69) is 20.8 Å². The Morgan fingerprint density at radius 1 is 1.22 bits per heavy atom. The first-order valence-corrected chi connectivity index (χ1v) is 7.00. The van der Waals surface area contributed by atoms with Crippen molar-refractivity contribution >= 4 is 34.1 Å². The first kappa shape index (κ1) is 13.3. The van der Waals surface area contributed by atoms with Crippen LogP contribution in [0.1, 0.15) is 10.4 Å². The Morgan fingerprint density at radius 3 is 3.04 bits per heavy atom. The summed E-state index contributed by atoms with van der Waals surface area (Å²) in [4.78, 5) is 23.6. The van der Waals surface area contributed by atoms with Gasteiger partial charge in [-0.05, 0) is 36.4 Å². The number of amides is 2. The van der Waals surface area contributed by atoms with Gasteiger partial charge in [0.2, 0.25) is 0 Å². The van der Waals surface area contributed by atoms with Crippen LogP contribution in [0.4, 0.5) is 11.4 Å². The first-order chi connectivity index (χ1) is 11.2. The molecule has 2 amide bonds. The molecule has 1 aromatic heterocycles. The number of aromatic nitrogens is 2. The lowest BCUT2D eigenvalue weighted by Gasteiger charge is -2.18. The molecule has 0 aliphatic carbocycles. The smallest absolute Gasteiger partial charge is 0.262 e. The Morgan fingerprint density at radius 2 is 2.13 bits per heavy atom. The molecule has 0 radical (unpaired) electrons. The number of hydrogen-bond donors (Lipinski definition) is 3. The van der Waals surface area contributed by atoms with Crippen LogP contribution in [0.2, 0.25) is 0 Å². The monoisotopic (exact) mass is 308 g/mol. The lowest BCUT2D eigenvalue weighted by molar-refractivity contribution is -0.118. The van der Waals surface area contributed by atoms with Crippen molar-refractivity contribution in [2.24, 2.45) is 0 Å². The highest BCUT2D eigenvalue weighted by Crippen LogP contribution is 2.29. The zero-order valence-electron chi connectivity index (χ0n) is 11.9. The van der Waals surface area contributed by atoms with E-state index in [1.165, 1.54) is 0 Å². The minimum absolute atomic E-state index is 0.0464. The van der Waals surface area contributed by atoms with Gasteiger partial charge in [-0.2, -0.15) is 5.10 Å². The standard InChI is InChI=1S/C16H12N4O3/c21-15-8-23-14-6-9(1-3-13(14)19-15)16(22)18-11-2-4-12-10(5-11)7-17-20-12/h1-7H,8H2,(H,17,20)(H,18,22)(H,19,21). The number of carbonyl (C=O) groups excluding carboxylic acids is 2. The number of nitrogens with zero attached hydrogens (tertiary/aromatic N) is 1. The number of anilines is 2. The highest BCUT2D eigenvalue weighted by molar-refractivity contribution is 6.06. The Labute approximate surface area is 130 Å². The van der Waals surface area contributed by atoms with Crippen molar-refractivity contribution in [3.63, 3.8) is 0 Å². The molecule has 4 rings (SSSR count). The molecular weight excluding hydrogens is 296 g/mol. The molecule has 1 aliphatic heterocycles. The molecule has 0 bridgehead atoms. The van der Waals surface area contributed by atoms with Gasteiger partial charge in [-0.25, -0.2) is 0 Å². The van der Waals surface area contributed by atoms with Gasteiger partial charge in [0.25, 0.3) is 11.8 Å². The average Bonchev–Trinajstić information content (AvgIpc) is 3.02. The molecule has 0 atom stereocenters. The van der Waals surface area contributed by atoms with Crippen LogP contribution in [0.25, 0.3) is 10.9 Å². The summed E-state index contributed by atoms with van der Waals surface area (Å²) in [6, 6.07) is 10.4. The van der Waals surface area contributed by atoms with Crippen LogP contribution < -0.4 is 15.4 Å². The minimum atomic E-state index is -0.254. The van der Waals surface area contributed by atoms with Gasteiger partial charge in [0.05, 0.1) is 17.4 Å². The molecule has 0 saturated carbocycles. The van der Waals surface area contributed by atoms with Gasteiger partial charge in [0, 0.05) is 16.6 Å². The van der Waals surface area contributed by atoms with Crippen LogP contribution in [0.15, 0.2) is 42.6 Å². The first-order valence-electron chi connectivity index (χ1n) is 7.00. The lowest BCUT2D eigenvalue weighted by atomic mass is 10.1. The maximum atomic E-state index is 12.4. The van der Waals surface area contributed by atoms with E-state index < -0.39 is 0 Å². The van der Waals surface area contributed by atoms with E-state index in [0.29, 0.717) is 22.7 Å². The van der Waals surface area contributed by atoms with Crippen molar-refractivity contribution in [1.82, 2.24) is 10.2 Å². The fourth-order valence-electron chi connectivity index (χ4n) is 2.44. The topological polar surface area (TPSA) is 96.1 Å². The SMILES string of the molecule is O=C1COc2cc(C(=O)Nc3ccc4[nH]ncc4c3)ccc2N1. The largest absolute Gasteiger partial charge is 0.482 e. The van der Waals surface area contributed by atoms with Crippen molar-refractivity contribution in [1.29, 1.82) is 0 Å². The van der Waals surface area contributed by atoms with E-state index in [0.717, 1.165) is 10.9 Å². The molecule has 3 N–H and O–H groups in total. The molecular formula is C16H12N4O3. The molecule has 0 fully saturated rings. The maximum absolute atomic E-state index is 12.4. The molecule has 7 nitrogen and oxygen atoms in total. The molecule has 2 heterocycles. The van der Waals surface area contributed by atoms with Gasteiger partial charge in [-0.3, -0.25) is 14.7 Å². The van der Waals surface area contributed by atoms with Gasteiger partial charge in [0.1, 0.15) is 5.75 Å². The van der Waals surface area contributed by atoms with E-state index in [1.807, 2.05) is 12.1 Å². The summed E-state index contributed by atoms with van der Waals surface area (Å²) in [7, 11) is 0. The molecule has 3 aromatic rings. The Bertz CT molecular complexity index is 932. The van der Waals surface area contributed by atoms with Crippen LogP contribution in [-0.2, 0) is 4.79 Å². The van der Waals surface area contributed by atoms with Crippen LogP contribution in [0.3, 0.4) is 0 Å². The van der Waals surface area contributed by atoms with E-state index in [9.17, 15) is 9.59 Å². The summed E-state index contributed by atoms with van der Waals surface area (Å²) in [5, 5.41) is 13.2. The second-order valence-electron chi connectivity index (χ2n) is 5.17. The van der Waals surface area contributed by atoms with Gasteiger partial charge >= 0.3 is 0 Å². The number of benzene rings is 2. The van der Waals surface area contributed by atoms with Crippen molar-refractivity contribution < 1.29 is 14.3 Å². The van der Waals surface area contributed by atoms with Crippen molar-refractivity contribution in [3.05, 3.63) is 48.2 Å². The molecule has 0 unspecified atom stereocenters. The third-order valence-electron chi connectivity index (χ3n) is 3.57. The molecule has 2 aromatic carbocycles. The van der Waals surface area contributed by atoms with Crippen molar-refractivity contribution in [2.75, 3.05) is 17.2 Å². The molecule has 0 spiro atoms. The highest BCUT2D eigenvalue weighted by Gasteiger charge is 2.18. The zero-order chi connectivity index (χ0) is 15.8. The number of aromatic amines is 1. The summed E-state index contributed by atoms with van der Waals surface area (Å²) in [5.74, 6) is 0.0294. The van der Waals surface area contributed by atoms with Crippen LogP contribution in [-0.4, -0.2) is 28.6 Å². The number of ether oxygens (including phenoxy) is 1. The van der Waals surface area contributed by atoms with Gasteiger partial charge < -0.3 is 15.4 Å². The minimum Gasteiger partial charge on any atom is -0.482 e. The number of H-pyrrole nitrogens is 1. The summed E-state index contributed by atoms with van der Waals surface area (Å²) >= 11 is 0. The quantitative estimate of drug-likeness (QED) is 0.676.